The molecule has 3 rings (SSSR count). The molecule has 1 heterocycles. The smallest absolute Gasteiger partial charge is 0.341 e. The van der Waals surface area contributed by atoms with E-state index in [-0.39, 0.29) is 12.7 Å². The van der Waals surface area contributed by atoms with Crippen LogP contribution in [0.5, 0.6) is 11.5 Å². The molecule has 0 unspecified atom stereocenters. The van der Waals surface area contributed by atoms with E-state index in [0.29, 0.717) is 28.8 Å². The van der Waals surface area contributed by atoms with Crippen LogP contribution in [0.3, 0.4) is 0 Å². The van der Waals surface area contributed by atoms with Crippen LogP contribution in [0.15, 0.2) is 42.5 Å². The zero-order valence-electron chi connectivity index (χ0n) is 15.0. The number of hydrazine groups is 1. The van der Waals surface area contributed by atoms with Gasteiger partial charge in [0, 0.05) is 10.6 Å². The van der Waals surface area contributed by atoms with Crippen molar-refractivity contribution in [2.45, 2.75) is 13.5 Å². The minimum atomic E-state index is -1.87. The van der Waals surface area contributed by atoms with Crippen molar-refractivity contribution in [2.75, 3.05) is 17.7 Å². The Morgan fingerprint density at radius 2 is 2.04 bits per heavy atom. The Kier molecular flexibility index (Phi) is 6.70. The molecule has 10 heteroatoms. The summed E-state index contributed by atoms with van der Waals surface area (Å²) >= 11 is 6.10. The van der Waals surface area contributed by atoms with Gasteiger partial charge in [-0.15, -0.1) is 0 Å². The second-order valence-corrected chi connectivity index (χ2v) is 7.53. The lowest BCUT2D eigenvalue weighted by molar-refractivity contribution is -0.119. The third kappa shape index (κ3) is 4.91. The normalized spacial score (nSPS) is 13.5. The number of carbonyl (C=O) groups is 2. The fourth-order valence-corrected chi connectivity index (χ4v) is 3.51. The zero-order chi connectivity index (χ0) is 20.1. The highest BCUT2D eigenvalue weighted by atomic mass is 35.5. The summed E-state index contributed by atoms with van der Waals surface area (Å²) in [6.45, 7) is 2.23. The summed E-state index contributed by atoms with van der Waals surface area (Å²) < 4.78 is 10.9. The van der Waals surface area contributed by atoms with Crippen LogP contribution in [0.25, 0.3) is 0 Å². The third-order valence-electron chi connectivity index (χ3n) is 3.84. The molecule has 148 valence electrons. The number of fused-ring (bicyclic) bond motifs is 2. The van der Waals surface area contributed by atoms with Crippen molar-refractivity contribution in [3.8, 4) is 11.5 Å². The van der Waals surface area contributed by atoms with E-state index in [4.69, 9.17) is 20.9 Å². The Morgan fingerprint density at radius 3 is 2.82 bits per heavy atom. The second-order valence-electron chi connectivity index (χ2n) is 5.81. The number of para-hydroxylation sites is 1. The van der Waals surface area contributed by atoms with Crippen LogP contribution in [-0.4, -0.2) is 29.6 Å². The number of rotatable bonds is 4. The number of nitrogens with one attached hydrogen (secondary N) is 2. The molecule has 0 bridgehead atoms. The highest BCUT2D eigenvalue weighted by Crippen LogP contribution is 2.40. The van der Waals surface area contributed by atoms with Crippen LogP contribution < -0.4 is 20.5 Å². The van der Waals surface area contributed by atoms with E-state index in [2.05, 4.69) is 10.9 Å². The fourth-order valence-electron chi connectivity index (χ4n) is 2.62. The first kappa shape index (κ1) is 20.4. The molecule has 1 aliphatic heterocycles. The number of urea groups is 1. The molecule has 1 atom stereocenters. The first-order valence-corrected chi connectivity index (χ1v) is 10.3. The maximum atomic E-state index is 12.8. The average molecular weight is 424 g/mol. The number of hydrogen-bond acceptors (Lipinski definition) is 5. The topological polar surface area (TPSA) is 100 Å². The van der Waals surface area contributed by atoms with Crippen LogP contribution in [0.1, 0.15) is 12.5 Å². The van der Waals surface area contributed by atoms with Crippen LogP contribution >= 0.6 is 20.0 Å². The maximum absolute atomic E-state index is 12.8. The monoisotopic (exact) mass is 423 g/mol. The van der Waals surface area contributed by atoms with Crippen molar-refractivity contribution in [3.05, 3.63) is 53.1 Å². The number of nitrogens with zero attached hydrogens (tertiary/aromatic N) is 1. The fraction of sp³-hybridized carbons (Fsp3) is 0.222. The molecular weight excluding hydrogens is 405 g/mol. The number of halogens is 1. The second kappa shape index (κ2) is 9.21. The number of ether oxygens (including phenoxy) is 1. The average Bonchev–Trinajstić information content (AvgIpc) is 2.83. The van der Waals surface area contributed by atoms with Gasteiger partial charge in [0.15, 0.2) is 14.1 Å². The molecule has 0 saturated carbocycles. The molecule has 28 heavy (non-hydrogen) atoms. The summed E-state index contributed by atoms with van der Waals surface area (Å²) in [6, 6.07) is 11.7. The van der Waals surface area contributed by atoms with Crippen molar-refractivity contribution >= 4 is 37.6 Å². The minimum Gasteiger partial charge on any atom is -0.455 e. The molecule has 0 aromatic heterocycles. The Hall–Kier alpha value is -2.38. The number of hydrogen-bond donors (Lipinski definition) is 3. The number of amides is 3. The first-order valence-electron chi connectivity index (χ1n) is 8.49. The molecule has 0 saturated heterocycles. The lowest BCUT2D eigenvalue weighted by atomic mass is 10.2. The van der Waals surface area contributed by atoms with Crippen molar-refractivity contribution in [2.24, 2.45) is 0 Å². The molecule has 0 spiro atoms. The molecule has 0 aliphatic carbocycles. The van der Waals surface area contributed by atoms with Crippen LogP contribution in [-0.2, 0) is 15.9 Å². The van der Waals surface area contributed by atoms with Gasteiger partial charge in [0.1, 0.15) is 5.75 Å². The standard InChI is InChI=1S/C18H19ClN3O5P/c1-2-26-28(25)11-17(23)20-21-18(24)22-10-12-5-3-4-6-15(12)27-16-8-7-13(19)9-14(16)22/h3-9,25H,2,10-11H2,1H3,(H,20,23)(H,21,24)/t28-/m0/s1. The third-order valence-corrected chi connectivity index (χ3v) is 5.19. The van der Waals surface area contributed by atoms with Gasteiger partial charge in [0.05, 0.1) is 25.0 Å². The molecule has 2 aromatic carbocycles. The Bertz CT molecular complexity index is 882. The van der Waals surface area contributed by atoms with E-state index in [9.17, 15) is 14.5 Å². The lowest BCUT2D eigenvalue weighted by Gasteiger charge is -2.23. The highest BCUT2D eigenvalue weighted by Gasteiger charge is 2.26. The largest absolute Gasteiger partial charge is 0.455 e. The lowest BCUT2D eigenvalue weighted by Crippen LogP contribution is -2.49. The van der Waals surface area contributed by atoms with Crippen LogP contribution in [0.2, 0.25) is 5.02 Å². The zero-order valence-corrected chi connectivity index (χ0v) is 16.7. The van der Waals surface area contributed by atoms with Crippen molar-refractivity contribution in [1.82, 2.24) is 10.9 Å². The predicted octanol–water partition coefficient (Wildman–Crippen LogP) is 3.53. The molecule has 2 aromatic rings. The molecule has 0 fully saturated rings. The van der Waals surface area contributed by atoms with Crippen LogP contribution in [0.4, 0.5) is 10.5 Å². The van der Waals surface area contributed by atoms with E-state index in [1.165, 1.54) is 4.90 Å². The highest BCUT2D eigenvalue weighted by molar-refractivity contribution is 7.47. The molecular formula is C18H19ClN3O5P. The Balaban J connectivity index is 1.77. The number of benzene rings is 2. The van der Waals surface area contributed by atoms with E-state index < -0.39 is 20.3 Å². The molecule has 8 nitrogen and oxygen atoms in total. The molecule has 0 radical (unpaired) electrons. The van der Waals surface area contributed by atoms with Gasteiger partial charge in [-0.2, -0.15) is 0 Å². The quantitative estimate of drug-likeness (QED) is 0.516. The summed E-state index contributed by atoms with van der Waals surface area (Å²) in [5.41, 5.74) is 5.90. The van der Waals surface area contributed by atoms with Gasteiger partial charge >= 0.3 is 6.03 Å². The van der Waals surface area contributed by atoms with E-state index in [1.807, 2.05) is 24.3 Å². The minimum absolute atomic E-state index is 0.219. The SMILES string of the molecule is CCO[P@](O)CC(=O)NNC(=O)N1Cc2ccccc2Oc2ccc(Cl)cc21. The molecule has 1 aliphatic rings. The summed E-state index contributed by atoms with van der Waals surface area (Å²) in [6.07, 6.45) is -0.238. The first-order chi connectivity index (χ1) is 13.5. The molecule has 3 N–H and O–H groups in total. The van der Waals surface area contributed by atoms with Crippen molar-refractivity contribution in [1.29, 1.82) is 0 Å². The van der Waals surface area contributed by atoms with Gasteiger partial charge in [0.2, 0.25) is 5.91 Å². The van der Waals surface area contributed by atoms with Gasteiger partial charge in [0.25, 0.3) is 0 Å². The van der Waals surface area contributed by atoms with E-state index >= 15 is 0 Å². The van der Waals surface area contributed by atoms with Gasteiger partial charge in [-0.3, -0.25) is 15.1 Å². The van der Waals surface area contributed by atoms with Crippen molar-refractivity contribution in [3.63, 3.8) is 0 Å². The summed E-state index contributed by atoms with van der Waals surface area (Å²) in [5.74, 6) is 0.535. The predicted molar refractivity (Wildman–Crippen MR) is 106 cm³/mol. The molecule has 3 amide bonds. The summed E-state index contributed by atoms with van der Waals surface area (Å²) in [5, 5.41) is 0.442. The Labute approximate surface area is 168 Å². The summed E-state index contributed by atoms with van der Waals surface area (Å²) in [4.78, 5) is 35.6. The van der Waals surface area contributed by atoms with Gasteiger partial charge < -0.3 is 14.2 Å². The Morgan fingerprint density at radius 1 is 1.25 bits per heavy atom. The van der Waals surface area contributed by atoms with E-state index in [1.54, 1.807) is 25.1 Å². The number of anilines is 1. The van der Waals surface area contributed by atoms with Gasteiger partial charge in [-0.05, 0) is 31.2 Å². The van der Waals surface area contributed by atoms with Crippen LogP contribution in [0, 0.1) is 0 Å². The van der Waals surface area contributed by atoms with Crippen molar-refractivity contribution < 1.29 is 23.7 Å². The maximum Gasteiger partial charge on any atom is 0.341 e. The van der Waals surface area contributed by atoms with Gasteiger partial charge in [-0.25, -0.2) is 10.2 Å². The number of carbonyl (C=O) groups excluding carboxylic acids is 2. The van der Waals surface area contributed by atoms with Gasteiger partial charge in [-0.1, -0.05) is 29.8 Å². The summed E-state index contributed by atoms with van der Waals surface area (Å²) in [7, 11) is -1.87. The van der Waals surface area contributed by atoms with E-state index in [0.717, 1.165) is 5.56 Å².